The first-order valence-electron chi connectivity index (χ1n) is 5.30. The maximum absolute atomic E-state index is 13.9. The molecule has 1 aromatic carbocycles. The Kier molecular flexibility index (Phi) is 3.59. The van der Waals surface area contributed by atoms with Gasteiger partial charge in [0.15, 0.2) is 11.6 Å². The van der Waals surface area contributed by atoms with Crippen LogP contribution < -0.4 is 11.3 Å². The molecule has 1 unspecified atom stereocenters. The highest BCUT2D eigenvalue weighted by atomic mass is 19.2. The molecular weight excluding hydrogens is 238 g/mol. The molecule has 3 N–H and O–H groups in total. The molecule has 0 amide bonds. The summed E-state index contributed by atoms with van der Waals surface area (Å²) >= 11 is 0. The van der Waals surface area contributed by atoms with E-state index in [4.69, 9.17) is 5.84 Å². The van der Waals surface area contributed by atoms with Crippen LogP contribution in [0.5, 0.6) is 0 Å². The quantitative estimate of drug-likeness (QED) is 0.641. The first-order valence-corrected chi connectivity index (χ1v) is 5.30. The minimum Gasteiger partial charge on any atom is -0.271 e. The summed E-state index contributed by atoms with van der Waals surface area (Å²) in [4.78, 5) is 7.65. The predicted molar refractivity (Wildman–Crippen MR) is 62.3 cm³/mol. The summed E-state index contributed by atoms with van der Waals surface area (Å²) in [6.45, 7) is 1.50. The normalized spacial score (nSPS) is 12.4. The molecule has 0 saturated carbocycles. The second-order valence-corrected chi connectivity index (χ2v) is 3.87. The molecule has 0 aliphatic rings. The maximum atomic E-state index is 13.9. The number of rotatable bonds is 3. The van der Waals surface area contributed by atoms with E-state index in [9.17, 15) is 8.78 Å². The zero-order valence-electron chi connectivity index (χ0n) is 9.69. The number of hydrogen-bond acceptors (Lipinski definition) is 4. The first kappa shape index (κ1) is 12.5. The van der Waals surface area contributed by atoms with Crippen molar-refractivity contribution in [3.8, 4) is 0 Å². The number of benzene rings is 1. The van der Waals surface area contributed by atoms with Crippen LogP contribution in [0.25, 0.3) is 0 Å². The van der Waals surface area contributed by atoms with Crippen molar-refractivity contribution in [1.82, 2.24) is 15.4 Å². The Morgan fingerprint density at radius 2 is 1.83 bits per heavy atom. The molecule has 0 bridgehead atoms. The van der Waals surface area contributed by atoms with Gasteiger partial charge in [0.25, 0.3) is 0 Å². The molecule has 1 atom stereocenters. The molecule has 18 heavy (non-hydrogen) atoms. The second kappa shape index (κ2) is 5.16. The number of aromatic nitrogens is 2. The van der Waals surface area contributed by atoms with Gasteiger partial charge < -0.3 is 0 Å². The fraction of sp³-hybridized carbons (Fsp3) is 0.167. The lowest BCUT2D eigenvalue weighted by Gasteiger charge is -2.17. The number of halogens is 2. The van der Waals surface area contributed by atoms with Crippen LogP contribution in [-0.2, 0) is 0 Å². The van der Waals surface area contributed by atoms with Crippen LogP contribution in [0.1, 0.15) is 22.7 Å². The van der Waals surface area contributed by atoms with Gasteiger partial charge in [0.2, 0.25) is 0 Å². The summed E-state index contributed by atoms with van der Waals surface area (Å²) < 4.78 is 27.4. The Labute approximate surface area is 103 Å². The molecule has 6 heteroatoms. The Morgan fingerprint density at radius 3 is 2.44 bits per heavy atom. The summed E-state index contributed by atoms with van der Waals surface area (Å²) in [6, 6.07) is 2.30. The molecule has 0 saturated heterocycles. The summed E-state index contributed by atoms with van der Waals surface area (Å²) in [5.41, 5.74) is 3.36. The maximum Gasteiger partial charge on any atom is 0.164 e. The zero-order valence-corrected chi connectivity index (χ0v) is 9.69. The molecule has 4 nitrogen and oxygen atoms in total. The van der Waals surface area contributed by atoms with Crippen LogP contribution in [0, 0.1) is 18.6 Å². The Balaban J connectivity index is 2.50. The Hall–Kier alpha value is -1.92. The van der Waals surface area contributed by atoms with Crippen molar-refractivity contribution < 1.29 is 8.78 Å². The number of nitrogens with one attached hydrogen (secondary N) is 1. The third kappa shape index (κ3) is 2.20. The number of nitrogens with two attached hydrogens (primary N) is 1. The highest BCUT2D eigenvalue weighted by Gasteiger charge is 2.20. The van der Waals surface area contributed by atoms with Gasteiger partial charge in [-0.15, -0.1) is 0 Å². The fourth-order valence-electron chi connectivity index (χ4n) is 1.71. The molecule has 0 spiro atoms. The van der Waals surface area contributed by atoms with Crippen molar-refractivity contribution in [3.05, 3.63) is 59.2 Å². The van der Waals surface area contributed by atoms with Gasteiger partial charge in [-0.25, -0.2) is 24.2 Å². The van der Waals surface area contributed by atoms with Crippen molar-refractivity contribution in [2.75, 3.05) is 0 Å². The van der Waals surface area contributed by atoms with Gasteiger partial charge in [-0.2, -0.15) is 0 Å². The van der Waals surface area contributed by atoms with E-state index in [-0.39, 0.29) is 11.1 Å². The zero-order chi connectivity index (χ0) is 13.1. The van der Waals surface area contributed by atoms with Crippen molar-refractivity contribution in [3.63, 3.8) is 0 Å². The molecule has 1 aromatic heterocycles. The lowest BCUT2D eigenvalue weighted by Crippen LogP contribution is -2.30. The standard InChI is InChI=1S/C12H12F2N4/c1-7-2-3-9(11(14)10(7)13)12(18-15)8-4-16-6-17-5-8/h2-6,12,18H,15H2,1H3. The third-order valence-corrected chi connectivity index (χ3v) is 2.70. The van der Waals surface area contributed by atoms with Crippen LogP contribution in [0.3, 0.4) is 0 Å². The van der Waals surface area contributed by atoms with E-state index >= 15 is 0 Å². The van der Waals surface area contributed by atoms with Crippen molar-refractivity contribution >= 4 is 0 Å². The summed E-state index contributed by atoms with van der Waals surface area (Å²) in [7, 11) is 0. The summed E-state index contributed by atoms with van der Waals surface area (Å²) in [5.74, 6) is 3.61. The second-order valence-electron chi connectivity index (χ2n) is 3.87. The number of hydrogen-bond donors (Lipinski definition) is 2. The van der Waals surface area contributed by atoms with Gasteiger partial charge in [0.1, 0.15) is 6.33 Å². The number of nitrogens with zero attached hydrogens (tertiary/aromatic N) is 2. The van der Waals surface area contributed by atoms with E-state index < -0.39 is 17.7 Å². The first-order chi connectivity index (χ1) is 8.65. The van der Waals surface area contributed by atoms with E-state index in [0.29, 0.717) is 5.56 Å². The molecule has 0 fully saturated rings. The van der Waals surface area contributed by atoms with Gasteiger partial charge in [0.05, 0.1) is 6.04 Å². The van der Waals surface area contributed by atoms with Gasteiger partial charge >= 0.3 is 0 Å². The van der Waals surface area contributed by atoms with E-state index in [0.717, 1.165) is 0 Å². The monoisotopic (exact) mass is 250 g/mol. The highest BCUT2D eigenvalue weighted by molar-refractivity contribution is 5.33. The molecule has 94 valence electrons. The molecular formula is C12H12F2N4. The summed E-state index contributed by atoms with van der Waals surface area (Å²) in [6.07, 6.45) is 4.34. The molecule has 0 aliphatic carbocycles. The predicted octanol–water partition coefficient (Wildman–Crippen LogP) is 1.62. The van der Waals surface area contributed by atoms with Crippen LogP contribution in [-0.4, -0.2) is 9.97 Å². The van der Waals surface area contributed by atoms with Crippen molar-refractivity contribution in [2.24, 2.45) is 5.84 Å². The smallest absolute Gasteiger partial charge is 0.164 e. The average molecular weight is 250 g/mol. The van der Waals surface area contributed by atoms with Gasteiger partial charge in [-0.05, 0) is 12.5 Å². The van der Waals surface area contributed by atoms with Crippen LogP contribution >= 0.6 is 0 Å². The Morgan fingerprint density at radius 1 is 1.17 bits per heavy atom. The summed E-state index contributed by atoms with van der Waals surface area (Å²) in [5, 5.41) is 0. The minimum atomic E-state index is -0.915. The molecule has 2 rings (SSSR count). The minimum absolute atomic E-state index is 0.121. The molecule has 0 aliphatic heterocycles. The Bertz CT molecular complexity index is 545. The number of hydrazine groups is 1. The lowest BCUT2D eigenvalue weighted by atomic mass is 9.99. The third-order valence-electron chi connectivity index (χ3n) is 2.70. The largest absolute Gasteiger partial charge is 0.271 e. The van der Waals surface area contributed by atoms with Crippen LogP contribution in [0.2, 0.25) is 0 Å². The average Bonchev–Trinajstić information content (AvgIpc) is 2.41. The molecule has 0 radical (unpaired) electrons. The lowest BCUT2D eigenvalue weighted by molar-refractivity contribution is 0.478. The van der Waals surface area contributed by atoms with Crippen molar-refractivity contribution in [1.29, 1.82) is 0 Å². The highest BCUT2D eigenvalue weighted by Crippen LogP contribution is 2.25. The van der Waals surface area contributed by atoms with Gasteiger partial charge in [-0.1, -0.05) is 12.1 Å². The molecule has 1 heterocycles. The number of aryl methyl sites for hydroxylation is 1. The fourth-order valence-corrected chi connectivity index (χ4v) is 1.71. The van der Waals surface area contributed by atoms with Crippen LogP contribution in [0.15, 0.2) is 30.9 Å². The van der Waals surface area contributed by atoms with Gasteiger partial charge in [-0.3, -0.25) is 5.84 Å². The van der Waals surface area contributed by atoms with Crippen LogP contribution in [0.4, 0.5) is 8.78 Å². The van der Waals surface area contributed by atoms with Gasteiger partial charge in [0, 0.05) is 23.5 Å². The molecule has 2 aromatic rings. The van der Waals surface area contributed by atoms with E-state index in [2.05, 4.69) is 15.4 Å². The topological polar surface area (TPSA) is 63.8 Å². The van der Waals surface area contributed by atoms with E-state index in [1.165, 1.54) is 37.8 Å². The SMILES string of the molecule is Cc1ccc(C(NN)c2cncnc2)c(F)c1F. The van der Waals surface area contributed by atoms with E-state index in [1.807, 2.05) is 0 Å². The van der Waals surface area contributed by atoms with Crippen molar-refractivity contribution in [2.45, 2.75) is 13.0 Å². The van der Waals surface area contributed by atoms with E-state index in [1.54, 1.807) is 0 Å².